The minimum Gasteiger partial charge on any atom is -0.507 e. The number of likely N-dealkylation sites (tertiary alicyclic amines) is 1. The van der Waals surface area contributed by atoms with Gasteiger partial charge in [-0.25, -0.2) is 0 Å². The summed E-state index contributed by atoms with van der Waals surface area (Å²) in [5.41, 5.74) is 4.03. The summed E-state index contributed by atoms with van der Waals surface area (Å²) in [5.74, 6) is -0.831. The van der Waals surface area contributed by atoms with E-state index in [-0.39, 0.29) is 24.0 Å². The molecule has 38 heavy (non-hydrogen) atoms. The van der Waals surface area contributed by atoms with Crippen molar-refractivity contribution in [1.82, 2.24) is 9.88 Å². The highest BCUT2D eigenvalue weighted by atomic mass is 16.5. The van der Waals surface area contributed by atoms with Crippen molar-refractivity contribution in [3.8, 4) is 5.75 Å². The van der Waals surface area contributed by atoms with Gasteiger partial charge < -0.3 is 19.6 Å². The summed E-state index contributed by atoms with van der Waals surface area (Å²) in [7, 11) is 0. The lowest BCUT2D eigenvalue weighted by molar-refractivity contribution is -0.140. The summed E-state index contributed by atoms with van der Waals surface area (Å²) < 4.78 is 5.83. The van der Waals surface area contributed by atoms with Crippen molar-refractivity contribution in [2.45, 2.75) is 53.3 Å². The van der Waals surface area contributed by atoms with E-state index in [1.807, 2.05) is 57.2 Å². The van der Waals surface area contributed by atoms with E-state index in [0.717, 1.165) is 35.5 Å². The number of benzene rings is 2. The number of amides is 1. The van der Waals surface area contributed by atoms with E-state index in [1.165, 1.54) is 4.90 Å². The van der Waals surface area contributed by atoms with Crippen molar-refractivity contribution < 1.29 is 19.4 Å². The van der Waals surface area contributed by atoms with Crippen LogP contribution < -0.4 is 9.64 Å². The van der Waals surface area contributed by atoms with Gasteiger partial charge in [-0.3, -0.25) is 14.6 Å². The highest BCUT2D eigenvalue weighted by Crippen LogP contribution is 2.41. The molecule has 0 saturated carbocycles. The van der Waals surface area contributed by atoms with Crippen molar-refractivity contribution in [2.75, 3.05) is 18.0 Å². The molecule has 1 aromatic heterocycles. The summed E-state index contributed by atoms with van der Waals surface area (Å²) in [6.45, 7) is 11.9. The van der Waals surface area contributed by atoms with Crippen LogP contribution in [0.25, 0.3) is 5.76 Å². The molecule has 3 aromatic rings. The Morgan fingerprint density at radius 3 is 2.26 bits per heavy atom. The van der Waals surface area contributed by atoms with Crippen molar-refractivity contribution in [2.24, 2.45) is 0 Å². The third kappa shape index (κ3) is 5.42. The van der Waals surface area contributed by atoms with Gasteiger partial charge >= 0.3 is 0 Å². The van der Waals surface area contributed by atoms with E-state index in [9.17, 15) is 14.7 Å². The first-order chi connectivity index (χ1) is 18.2. The van der Waals surface area contributed by atoms with Gasteiger partial charge in [-0.2, -0.15) is 0 Å². The van der Waals surface area contributed by atoms with Gasteiger partial charge in [0.25, 0.3) is 11.7 Å². The molecule has 1 aliphatic heterocycles. The van der Waals surface area contributed by atoms with Crippen LogP contribution in [0.1, 0.15) is 56.0 Å². The van der Waals surface area contributed by atoms with Crippen molar-refractivity contribution in [1.29, 1.82) is 0 Å². The number of nitrogens with zero attached hydrogens (tertiary/aromatic N) is 3. The molecular formula is C31H35N3O4. The number of rotatable bonds is 9. The minimum absolute atomic E-state index is 0.00553. The fraction of sp³-hybridized carbons (Fsp3) is 0.323. The maximum absolute atomic E-state index is 13.4. The number of hydrogen-bond donors (Lipinski definition) is 1. The molecule has 1 atom stereocenters. The molecule has 0 spiro atoms. The normalized spacial score (nSPS) is 16.8. The molecule has 198 valence electrons. The van der Waals surface area contributed by atoms with Gasteiger partial charge in [-0.1, -0.05) is 12.1 Å². The third-order valence-corrected chi connectivity index (χ3v) is 6.79. The molecule has 1 saturated heterocycles. The van der Waals surface area contributed by atoms with Crippen LogP contribution in [0.3, 0.4) is 0 Å². The van der Waals surface area contributed by atoms with E-state index in [1.54, 1.807) is 30.6 Å². The summed E-state index contributed by atoms with van der Waals surface area (Å²) in [6, 6.07) is 16.0. The number of aryl methyl sites for hydroxylation is 1. The van der Waals surface area contributed by atoms with Crippen molar-refractivity contribution in [3.63, 3.8) is 0 Å². The first kappa shape index (κ1) is 26.9. The average Bonchev–Trinajstić information content (AvgIpc) is 3.16. The van der Waals surface area contributed by atoms with Crippen LogP contribution in [0.4, 0.5) is 5.69 Å². The zero-order valence-electron chi connectivity index (χ0n) is 22.6. The summed E-state index contributed by atoms with van der Waals surface area (Å²) in [4.78, 5) is 34.6. The third-order valence-electron chi connectivity index (χ3n) is 6.79. The number of anilines is 1. The van der Waals surface area contributed by atoms with Crippen molar-refractivity contribution in [3.05, 3.63) is 94.8 Å². The molecule has 4 rings (SSSR count). The quantitative estimate of drug-likeness (QED) is 0.226. The van der Waals surface area contributed by atoms with Crippen LogP contribution in [-0.2, 0) is 16.1 Å². The van der Waals surface area contributed by atoms with Crippen LogP contribution in [-0.4, -0.2) is 45.9 Å². The fourth-order valence-corrected chi connectivity index (χ4v) is 4.87. The van der Waals surface area contributed by atoms with E-state index in [0.29, 0.717) is 11.3 Å². The molecule has 0 aliphatic carbocycles. The average molecular weight is 514 g/mol. The Morgan fingerprint density at radius 1 is 1.03 bits per heavy atom. The smallest absolute Gasteiger partial charge is 0.295 e. The first-order valence-corrected chi connectivity index (χ1v) is 13.0. The van der Waals surface area contributed by atoms with Crippen LogP contribution >= 0.6 is 0 Å². The Balaban J connectivity index is 1.82. The highest BCUT2D eigenvalue weighted by Gasteiger charge is 2.46. The number of aliphatic hydroxyl groups excluding tert-OH is 1. The maximum Gasteiger partial charge on any atom is 0.295 e. The van der Waals surface area contributed by atoms with Gasteiger partial charge in [-0.05, 0) is 93.8 Å². The lowest BCUT2D eigenvalue weighted by Crippen LogP contribution is -2.29. The van der Waals surface area contributed by atoms with Gasteiger partial charge in [0.05, 0.1) is 17.7 Å². The van der Waals surface area contributed by atoms with Crippen molar-refractivity contribution >= 4 is 23.1 Å². The van der Waals surface area contributed by atoms with Gasteiger partial charge in [0, 0.05) is 43.3 Å². The molecule has 1 amide bonds. The Hall–Kier alpha value is -4.13. The fourth-order valence-electron chi connectivity index (χ4n) is 4.87. The molecule has 0 bridgehead atoms. The first-order valence-electron chi connectivity index (χ1n) is 13.0. The lowest BCUT2D eigenvalue weighted by atomic mass is 9.94. The summed E-state index contributed by atoms with van der Waals surface area (Å²) in [5, 5.41) is 11.5. The molecule has 1 N–H and O–H groups in total. The zero-order chi connectivity index (χ0) is 27.4. The second-order valence-electron chi connectivity index (χ2n) is 9.69. The van der Waals surface area contributed by atoms with Gasteiger partial charge in [0.15, 0.2) is 0 Å². The second kappa shape index (κ2) is 11.5. The zero-order valence-corrected chi connectivity index (χ0v) is 22.6. The van der Waals surface area contributed by atoms with E-state index >= 15 is 0 Å². The second-order valence-corrected chi connectivity index (χ2v) is 9.69. The number of carbonyl (C=O) groups is 2. The Morgan fingerprint density at radius 2 is 1.68 bits per heavy atom. The molecule has 1 fully saturated rings. The van der Waals surface area contributed by atoms with Gasteiger partial charge in [0.1, 0.15) is 11.5 Å². The van der Waals surface area contributed by atoms with Gasteiger partial charge in [-0.15, -0.1) is 0 Å². The molecule has 7 heteroatoms. The van der Waals surface area contributed by atoms with Crippen LogP contribution in [0.5, 0.6) is 5.75 Å². The number of Topliss-reactive ketones (excluding diaryl/α,β-unsaturated/α-hetero) is 1. The Labute approximate surface area is 224 Å². The van der Waals surface area contributed by atoms with Crippen LogP contribution in [0.2, 0.25) is 0 Å². The number of ether oxygens (including phenoxy) is 1. The largest absolute Gasteiger partial charge is 0.507 e. The lowest BCUT2D eigenvalue weighted by Gasteiger charge is -2.27. The van der Waals surface area contributed by atoms with Crippen LogP contribution in [0, 0.1) is 6.92 Å². The molecule has 1 aliphatic rings. The van der Waals surface area contributed by atoms with E-state index < -0.39 is 17.7 Å². The van der Waals surface area contributed by atoms with E-state index in [4.69, 9.17) is 4.74 Å². The molecule has 7 nitrogen and oxygen atoms in total. The number of ketones is 1. The number of carbonyl (C=O) groups excluding carboxylic acids is 2. The number of aliphatic hydroxyl groups is 1. The monoisotopic (exact) mass is 513 g/mol. The molecule has 2 aromatic carbocycles. The van der Waals surface area contributed by atoms with Gasteiger partial charge in [0.2, 0.25) is 0 Å². The molecule has 0 radical (unpaired) electrons. The summed E-state index contributed by atoms with van der Waals surface area (Å²) >= 11 is 0. The Kier molecular flexibility index (Phi) is 8.15. The maximum atomic E-state index is 13.4. The number of pyridine rings is 1. The van der Waals surface area contributed by atoms with Crippen LogP contribution in [0.15, 0.2) is 72.6 Å². The molecule has 1 unspecified atom stereocenters. The standard InChI is InChI=1S/C31H35N3O4/c1-6-33(7-2)25-11-8-23(9-12-25)28-27(29(35)24-10-13-26(21(5)18-24)38-20(3)4)30(36)31(37)34(28)19-22-14-16-32-17-15-22/h8-18,20,28,35H,6-7,19H2,1-5H3/b29-27-. The molecular weight excluding hydrogens is 478 g/mol. The Bertz CT molecular complexity index is 1330. The predicted molar refractivity (Wildman–Crippen MR) is 149 cm³/mol. The van der Waals surface area contributed by atoms with E-state index in [2.05, 4.69) is 23.7 Å². The highest BCUT2D eigenvalue weighted by molar-refractivity contribution is 6.46. The SMILES string of the molecule is CCN(CC)c1ccc(C2/C(=C(/O)c3ccc(OC(C)C)c(C)c3)C(=O)C(=O)N2Cc2ccncc2)cc1. The summed E-state index contributed by atoms with van der Waals surface area (Å²) in [6.07, 6.45) is 3.32. The minimum atomic E-state index is -0.735. The topological polar surface area (TPSA) is 83.0 Å². The predicted octanol–water partition coefficient (Wildman–Crippen LogP) is 5.65. The number of hydrogen-bond acceptors (Lipinski definition) is 6. The molecule has 2 heterocycles. The number of aromatic nitrogens is 1.